The van der Waals surface area contributed by atoms with Crippen molar-refractivity contribution in [3.63, 3.8) is 0 Å². The number of nitro benzene ring substituents is 1. The molecule has 34 heavy (non-hydrogen) atoms. The maximum Gasteiger partial charge on any atom is 0.293 e. The van der Waals surface area contributed by atoms with E-state index in [1.54, 1.807) is 4.52 Å². The maximum atomic E-state index is 12.3. The van der Waals surface area contributed by atoms with Crippen LogP contribution in [0.1, 0.15) is 28.9 Å². The van der Waals surface area contributed by atoms with Crippen LogP contribution in [-0.2, 0) is 21.1 Å². The van der Waals surface area contributed by atoms with Gasteiger partial charge in [0.05, 0.1) is 16.0 Å². The van der Waals surface area contributed by atoms with Crippen LogP contribution in [0, 0.1) is 35.3 Å². The van der Waals surface area contributed by atoms with Crippen LogP contribution in [0.5, 0.6) is 0 Å². The van der Waals surface area contributed by atoms with Gasteiger partial charge in [0.2, 0.25) is 5.91 Å². The number of nitrogens with zero attached hydrogens (tertiary/aromatic N) is 5. The summed E-state index contributed by atoms with van der Waals surface area (Å²) in [5.41, 5.74) is 3.07. The number of carbonyl (C=O) groups excluding carboxylic acids is 1. The first-order valence-corrected chi connectivity index (χ1v) is 12.1. The van der Waals surface area contributed by atoms with E-state index in [2.05, 4.69) is 26.8 Å². The Kier molecular flexibility index (Phi) is 7.11. The summed E-state index contributed by atoms with van der Waals surface area (Å²) in [6.45, 7) is 4.10. The van der Waals surface area contributed by atoms with Gasteiger partial charge >= 0.3 is 0 Å². The van der Waals surface area contributed by atoms with Crippen molar-refractivity contribution in [2.24, 2.45) is 0 Å². The van der Waals surface area contributed by atoms with Gasteiger partial charge in [-0.3, -0.25) is 14.9 Å². The second-order valence-corrected chi connectivity index (χ2v) is 9.67. The molecular weight excluding hydrogens is 462 g/mol. The summed E-state index contributed by atoms with van der Waals surface area (Å²) in [5.74, 6) is -0.208. The van der Waals surface area contributed by atoms with Crippen molar-refractivity contribution in [3.05, 3.63) is 57.0 Å². The van der Waals surface area contributed by atoms with E-state index in [1.165, 1.54) is 18.3 Å². The number of sulfone groups is 1. The van der Waals surface area contributed by atoms with Gasteiger partial charge < -0.3 is 10.6 Å². The van der Waals surface area contributed by atoms with Gasteiger partial charge in [-0.2, -0.15) is 10.4 Å². The fourth-order valence-corrected chi connectivity index (χ4v) is 4.16. The highest BCUT2D eigenvalue weighted by Crippen LogP contribution is 2.27. The molecule has 0 fully saturated rings. The highest BCUT2D eigenvalue weighted by molar-refractivity contribution is 7.90. The molecule has 0 saturated carbocycles. The number of nitriles is 1. The number of amides is 1. The second-order valence-electron chi connectivity index (χ2n) is 7.65. The Hall–Kier alpha value is -4.05. The van der Waals surface area contributed by atoms with Crippen molar-refractivity contribution < 1.29 is 18.1 Å². The highest BCUT2D eigenvalue weighted by atomic mass is 32.2. The van der Waals surface area contributed by atoms with Crippen LogP contribution in [0.25, 0.3) is 5.65 Å². The molecule has 0 saturated heterocycles. The van der Waals surface area contributed by atoms with Gasteiger partial charge in [-0.1, -0.05) is 0 Å². The Balaban J connectivity index is 1.56. The fourth-order valence-electron chi connectivity index (χ4n) is 3.52. The van der Waals surface area contributed by atoms with E-state index >= 15 is 0 Å². The first-order chi connectivity index (χ1) is 16.0. The molecule has 1 amide bonds. The second kappa shape index (κ2) is 9.84. The van der Waals surface area contributed by atoms with Crippen LogP contribution in [0.2, 0.25) is 0 Å². The number of hydrogen-bond acceptors (Lipinski definition) is 9. The largest absolute Gasteiger partial charge is 0.378 e. The van der Waals surface area contributed by atoms with Gasteiger partial charge in [-0.15, -0.1) is 0 Å². The lowest BCUT2D eigenvalue weighted by molar-refractivity contribution is -0.384. The molecule has 0 radical (unpaired) electrons. The van der Waals surface area contributed by atoms with Crippen molar-refractivity contribution in [2.45, 2.75) is 31.6 Å². The van der Waals surface area contributed by atoms with Gasteiger partial charge in [0.1, 0.15) is 17.3 Å². The molecule has 0 atom stereocenters. The first-order valence-electron chi connectivity index (χ1n) is 10.3. The smallest absolute Gasteiger partial charge is 0.293 e. The van der Waals surface area contributed by atoms with Crippen molar-refractivity contribution in [1.29, 1.82) is 5.26 Å². The Bertz CT molecular complexity index is 1420. The topological polar surface area (TPSA) is 172 Å². The summed E-state index contributed by atoms with van der Waals surface area (Å²) >= 11 is 0. The van der Waals surface area contributed by atoms with E-state index in [0.717, 1.165) is 29.3 Å². The van der Waals surface area contributed by atoms with Crippen molar-refractivity contribution >= 4 is 32.8 Å². The zero-order valence-electron chi connectivity index (χ0n) is 18.8. The van der Waals surface area contributed by atoms with Crippen LogP contribution in [0.15, 0.2) is 29.3 Å². The van der Waals surface area contributed by atoms with Gasteiger partial charge in [-0.25, -0.2) is 17.9 Å². The molecule has 0 aliphatic carbocycles. The number of nitro groups is 1. The van der Waals surface area contributed by atoms with Crippen LogP contribution in [0.4, 0.5) is 11.4 Å². The quantitative estimate of drug-likeness (QED) is 0.260. The molecule has 13 heteroatoms. The van der Waals surface area contributed by atoms with Gasteiger partial charge in [0.25, 0.3) is 5.69 Å². The summed E-state index contributed by atoms with van der Waals surface area (Å²) < 4.78 is 24.8. The lowest BCUT2D eigenvalue weighted by atomic mass is 10.1. The van der Waals surface area contributed by atoms with E-state index in [4.69, 9.17) is 5.26 Å². The number of hydrogen-bond donors (Lipinski definition) is 2. The number of rotatable bonds is 9. The minimum atomic E-state index is -3.57. The predicted octanol–water partition coefficient (Wildman–Crippen LogP) is 1.69. The Morgan fingerprint density at radius 1 is 1.29 bits per heavy atom. The molecule has 178 valence electrons. The van der Waals surface area contributed by atoms with E-state index in [-0.39, 0.29) is 41.7 Å². The normalized spacial score (nSPS) is 11.2. The molecule has 0 aliphatic rings. The lowest BCUT2D eigenvalue weighted by Crippen LogP contribution is -2.29. The van der Waals surface area contributed by atoms with E-state index in [0.29, 0.717) is 17.6 Å². The maximum absolute atomic E-state index is 12.3. The summed E-state index contributed by atoms with van der Waals surface area (Å²) in [6, 6.07) is 5.68. The van der Waals surface area contributed by atoms with E-state index in [1.807, 2.05) is 13.8 Å². The molecular formula is C21H23N7O5S. The SMILES string of the molecule is Cc1nc2c(C#N)cnn2c(C)c1CCC(=O)NCCNc1ccc(S(C)(=O)=O)cc1[N+](=O)[O-]. The third-order valence-corrected chi connectivity index (χ3v) is 6.40. The molecule has 2 aromatic heterocycles. The zero-order chi connectivity index (χ0) is 25.0. The Morgan fingerprint density at radius 3 is 2.68 bits per heavy atom. The number of anilines is 1. The number of benzene rings is 1. The minimum absolute atomic E-state index is 0.143. The van der Waals surface area contributed by atoms with Crippen LogP contribution in [-0.4, -0.2) is 53.2 Å². The molecule has 3 rings (SSSR count). The number of nitrogens with one attached hydrogen (secondary N) is 2. The molecule has 0 spiro atoms. The summed E-state index contributed by atoms with van der Waals surface area (Å²) in [4.78, 5) is 27.2. The van der Waals surface area contributed by atoms with Crippen molar-refractivity contribution in [3.8, 4) is 6.07 Å². The minimum Gasteiger partial charge on any atom is -0.378 e. The third-order valence-electron chi connectivity index (χ3n) is 5.29. The van der Waals surface area contributed by atoms with E-state index < -0.39 is 14.8 Å². The van der Waals surface area contributed by atoms with E-state index in [9.17, 15) is 23.3 Å². The number of aromatic nitrogens is 3. The average Bonchev–Trinajstić information content (AvgIpc) is 3.18. The Labute approximate surface area is 195 Å². The number of aryl methyl sites for hydroxylation is 2. The van der Waals surface area contributed by atoms with Crippen LogP contribution >= 0.6 is 0 Å². The summed E-state index contributed by atoms with van der Waals surface area (Å²) in [7, 11) is -3.57. The third kappa shape index (κ3) is 5.29. The van der Waals surface area contributed by atoms with Crippen molar-refractivity contribution in [1.82, 2.24) is 19.9 Å². The lowest BCUT2D eigenvalue weighted by Gasteiger charge is -2.12. The summed E-state index contributed by atoms with van der Waals surface area (Å²) in [6.07, 6.45) is 3.06. The van der Waals surface area contributed by atoms with Gasteiger partial charge in [0.15, 0.2) is 15.5 Å². The standard InChI is InChI=1S/C21H23N7O5S/c1-13-17(14(2)27-21(26-13)15(11-22)12-25-27)5-7-20(29)24-9-8-23-18-6-4-16(34(3,32)33)10-19(18)28(30)31/h4,6,10,12,23H,5,7-9H2,1-3H3,(H,24,29). The van der Waals surface area contributed by atoms with Gasteiger partial charge in [-0.05, 0) is 38.0 Å². The highest BCUT2D eigenvalue weighted by Gasteiger charge is 2.19. The van der Waals surface area contributed by atoms with Gasteiger partial charge in [0, 0.05) is 43.2 Å². The van der Waals surface area contributed by atoms with Crippen molar-refractivity contribution in [2.75, 3.05) is 24.7 Å². The van der Waals surface area contributed by atoms with Crippen LogP contribution in [0.3, 0.4) is 0 Å². The molecule has 1 aromatic carbocycles. The number of carbonyl (C=O) groups is 1. The molecule has 0 bridgehead atoms. The molecule has 2 N–H and O–H groups in total. The zero-order valence-corrected chi connectivity index (χ0v) is 19.6. The first kappa shape index (κ1) is 24.6. The number of fused-ring (bicyclic) bond motifs is 1. The molecule has 0 aliphatic heterocycles. The monoisotopic (exact) mass is 485 g/mol. The molecule has 0 unspecified atom stereocenters. The molecule has 12 nitrogen and oxygen atoms in total. The Morgan fingerprint density at radius 2 is 2.03 bits per heavy atom. The predicted molar refractivity (Wildman–Crippen MR) is 123 cm³/mol. The summed E-state index contributed by atoms with van der Waals surface area (Å²) in [5, 5.41) is 30.2. The molecule has 2 heterocycles. The average molecular weight is 486 g/mol. The van der Waals surface area contributed by atoms with Crippen LogP contribution < -0.4 is 10.6 Å². The fraction of sp³-hybridized carbons (Fsp3) is 0.333. The molecule has 3 aromatic rings.